The molecule has 0 saturated heterocycles. The molecule has 3 aromatic rings. The van der Waals surface area contributed by atoms with E-state index in [-0.39, 0.29) is 47.6 Å². The lowest BCUT2D eigenvalue weighted by Crippen LogP contribution is -2.23. The molecule has 7 nitrogen and oxygen atoms in total. The lowest BCUT2D eigenvalue weighted by molar-refractivity contribution is 0.0976. The Morgan fingerprint density at radius 3 is 2.39 bits per heavy atom. The van der Waals surface area contributed by atoms with E-state index in [0.717, 1.165) is 11.3 Å². The summed E-state index contributed by atoms with van der Waals surface area (Å²) in [5.74, 6) is -0.630. The summed E-state index contributed by atoms with van der Waals surface area (Å²) in [5.41, 5.74) is 4.19. The maximum atomic E-state index is 13.8. The van der Waals surface area contributed by atoms with Crippen LogP contribution in [0.25, 0.3) is 0 Å². The lowest BCUT2D eigenvalue weighted by Gasteiger charge is -2.27. The summed E-state index contributed by atoms with van der Waals surface area (Å²) in [5, 5.41) is 0. The number of phosphoric acid groups is 1. The largest absolute Gasteiger partial charge is 0.530 e. The van der Waals surface area contributed by atoms with E-state index < -0.39 is 7.82 Å². The fraction of sp³-hybridized carbons (Fsp3) is 0.280. The highest BCUT2D eigenvalue weighted by Gasteiger charge is 2.40. The van der Waals surface area contributed by atoms with E-state index in [1.54, 1.807) is 32.2 Å². The van der Waals surface area contributed by atoms with Crippen molar-refractivity contribution >= 4 is 19.4 Å². The van der Waals surface area contributed by atoms with Gasteiger partial charge < -0.3 is 9.09 Å². The number of carbonyl (C=O) groups excluding carboxylic acids is 2. The van der Waals surface area contributed by atoms with Crippen LogP contribution in [0.4, 0.5) is 0 Å². The zero-order chi connectivity index (χ0) is 23.3. The van der Waals surface area contributed by atoms with Gasteiger partial charge in [0.05, 0.1) is 29.9 Å². The monoisotopic (exact) mass is 465 g/mol. The lowest BCUT2D eigenvalue weighted by atomic mass is 9.81. The fourth-order valence-corrected chi connectivity index (χ4v) is 6.04. The smallest absolute Gasteiger partial charge is 0.403 e. The van der Waals surface area contributed by atoms with Crippen LogP contribution in [0.2, 0.25) is 0 Å². The number of fused-ring (bicyclic) bond motifs is 5. The molecule has 5 rings (SSSR count). The summed E-state index contributed by atoms with van der Waals surface area (Å²) in [6.45, 7) is 6.18. The molecule has 2 aliphatic rings. The van der Waals surface area contributed by atoms with E-state index in [1.165, 1.54) is 11.6 Å². The van der Waals surface area contributed by atoms with Gasteiger partial charge in [0.15, 0.2) is 11.6 Å². The first kappa shape index (κ1) is 21.8. The number of rotatable bonds is 6. The summed E-state index contributed by atoms with van der Waals surface area (Å²) >= 11 is 0. The normalized spacial score (nSPS) is 16.6. The second-order valence-electron chi connectivity index (χ2n) is 8.06. The number of ketones is 2. The van der Waals surface area contributed by atoms with E-state index in [9.17, 15) is 14.2 Å². The number of carbonyl (C=O) groups is 2. The van der Waals surface area contributed by atoms with Crippen LogP contribution in [0.15, 0.2) is 48.7 Å². The Labute approximate surface area is 191 Å². The SMILES string of the molecule is CCOP(=O)(OCC)Oc1cccc2c1C(=O)c1c(cn3c1C(C)c1ccccc1C3)C2=O. The summed E-state index contributed by atoms with van der Waals surface area (Å²) in [6.07, 6.45) is 1.78. The summed E-state index contributed by atoms with van der Waals surface area (Å²) in [7, 11) is -3.95. The molecule has 2 heterocycles. The third-order valence-electron chi connectivity index (χ3n) is 6.15. The number of hydrogen-bond acceptors (Lipinski definition) is 6. The maximum absolute atomic E-state index is 13.8. The standard InChI is InChI=1S/C25H24NO6P/c1-4-30-33(29,31-5-2)32-20-12-8-11-18-21(20)25(28)22-19(24(18)27)14-26-13-16-9-6-7-10-17(16)15(3)23(22)26/h6-12,14-15H,4-5,13H2,1-3H3. The van der Waals surface area contributed by atoms with Gasteiger partial charge >= 0.3 is 7.82 Å². The predicted molar refractivity (Wildman–Crippen MR) is 122 cm³/mol. The van der Waals surface area contributed by atoms with Gasteiger partial charge in [-0.25, -0.2) is 4.57 Å². The molecule has 0 N–H and O–H groups in total. The number of nitrogens with zero attached hydrogens (tertiary/aromatic N) is 1. The Balaban J connectivity index is 1.64. The molecule has 2 aromatic carbocycles. The molecule has 0 radical (unpaired) electrons. The topological polar surface area (TPSA) is 83.8 Å². The van der Waals surface area contributed by atoms with Crippen molar-refractivity contribution in [2.75, 3.05) is 13.2 Å². The quantitative estimate of drug-likeness (QED) is 0.358. The minimum absolute atomic E-state index is 0.0190. The van der Waals surface area contributed by atoms with E-state index in [2.05, 4.69) is 12.1 Å². The molecule has 1 aliphatic heterocycles. The first-order chi connectivity index (χ1) is 15.9. The van der Waals surface area contributed by atoms with Gasteiger partial charge in [-0.05, 0) is 31.0 Å². The van der Waals surface area contributed by atoms with E-state index >= 15 is 0 Å². The molecule has 8 heteroatoms. The molecule has 1 unspecified atom stereocenters. The fourth-order valence-electron chi connectivity index (χ4n) is 4.84. The van der Waals surface area contributed by atoms with Crippen molar-refractivity contribution in [2.24, 2.45) is 0 Å². The van der Waals surface area contributed by atoms with Crippen LogP contribution >= 0.6 is 7.82 Å². The van der Waals surface area contributed by atoms with Crippen molar-refractivity contribution in [3.63, 3.8) is 0 Å². The molecule has 0 amide bonds. The molecule has 33 heavy (non-hydrogen) atoms. The minimum atomic E-state index is -3.95. The van der Waals surface area contributed by atoms with Crippen LogP contribution in [-0.4, -0.2) is 29.3 Å². The van der Waals surface area contributed by atoms with Gasteiger partial charge in [0, 0.05) is 29.9 Å². The molecule has 170 valence electrons. The van der Waals surface area contributed by atoms with Gasteiger partial charge in [-0.15, -0.1) is 0 Å². The van der Waals surface area contributed by atoms with E-state index in [4.69, 9.17) is 13.6 Å². The van der Waals surface area contributed by atoms with Crippen LogP contribution < -0.4 is 4.52 Å². The van der Waals surface area contributed by atoms with Gasteiger partial charge in [-0.2, -0.15) is 0 Å². The first-order valence-electron chi connectivity index (χ1n) is 11.0. The molecule has 0 spiro atoms. The Morgan fingerprint density at radius 1 is 0.939 bits per heavy atom. The molecular weight excluding hydrogens is 441 g/mol. The van der Waals surface area contributed by atoms with Crippen LogP contribution in [0.3, 0.4) is 0 Å². The number of aromatic nitrogens is 1. The Kier molecular flexibility index (Phi) is 5.36. The zero-order valence-electron chi connectivity index (χ0n) is 18.7. The van der Waals surface area contributed by atoms with Gasteiger partial charge in [-0.1, -0.05) is 43.3 Å². The second-order valence-corrected chi connectivity index (χ2v) is 9.66. The Morgan fingerprint density at radius 2 is 1.67 bits per heavy atom. The Bertz CT molecular complexity index is 1330. The second kappa shape index (κ2) is 8.10. The van der Waals surface area contributed by atoms with Crippen molar-refractivity contribution in [3.05, 3.63) is 87.7 Å². The van der Waals surface area contributed by atoms with Crippen LogP contribution in [0.5, 0.6) is 5.75 Å². The van der Waals surface area contributed by atoms with E-state index in [0.29, 0.717) is 17.7 Å². The van der Waals surface area contributed by atoms with Crippen LogP contribution in [-0.2, 0) is 20.2 Å². The zero-order valence-corrected chi connectivity index (χ0v) is 19.6. The molecular formula is C25H24NO6P. The molecule has 1 atom stereocenters. The summed E-state index contributed by atoms with van der Waals surface area (Å²) in [6, 6.07) is 12.8. The molecule has 0 fully saturated rings. The summed E-state index contributed by atoms with van der Waals surface area (Å²) in [4.78, 5) is 27.3. The third kappa shape index (κ3) is 3.39. The predicted octanol–water partition coefficient (Wildman–Crippen LogP) is 5.34. The molecule has 1 aliphatic carbocycles. The highest BCUT2D eigenvalue weighted by atomic mass is 31.2. The maximum Gasteiger partial charge on any atom is 0.530 e. The number of phosphoric ester groups is 1. The number of hydrogen-bond donors (Lipinski definition) is 0. The minimum Gasteiger partial charge on any atom is -0.403 e. The first-order valence-corrected chi connectivity index (χ1v) is 12.5. The van der Waals surface area contributed by atoms with Crippen LogP contribution in [0, 0.1) is 0 Å². The van der Waals surface area contributed by atoms with Crippen molar-refractivity contribution in [3.8, 4) is 5.75 Å². The van der Waals surface area contributed by atoms with Crippen LogP contribution in [0.1, 0.15) is 75.4 Å². The van der Waals surface area contributed by atoms with Crippen molar-refractivity contribution < 1.29 is 27.7 Å². The highest BCUT2D eigenvalue weighted by molar-refractivity contribution is 7.48. The Hall–Kier alpha value is -2.99. The van der Waals surface area contributed by atoms with Crippen molar-refractivity contribution in [1.29, 1.82) is 0 Å². The molecule has 0 bridgehead atoms. The van der Waals surface area contributed by atoms with E-state index in [1.807, 2.05) is 23.6 Å². The third-order valence-corrected chi connectivity index (χ3v) is 7.72. The molecule has 0 saturated carbocycles. The average Bonchev–Trinajstić information content (AvgIpc) is 3.18. The van der Waals surface area contributed by atoms with Crippen molar-refractivity contribution in [2.45, 2.75) is 33.2 Å². The van der Waals surface area contributed by atoms with Gasteiger partial charge in [0.2, 0.25) is 0 Å². The number of benzene rings is 2. The van der Waals surface area contributed by atoms with Gasteiger partial charge in [0.25, 0.3) is 0 Å². The van der Waals surface area contributed by atoms with Crippen molar-refractivity contribution in [1.82, 2.24) is 4.57 Å². The molecule has 1 aromatic heterocycles. The van der Waals surface area contributed by atoms with Gasteiger partial charge in [0.1, 0.15) is 5.75 Å². The van der Waals surface area contributed by atoms with Gasteiger partial charge in [-0.3, -0.25) is 18.6 Å². The highest BCUT2D eigenvalue weighted by Crippen LogP contribution is 2.51. The summed E-state index contributed by atoms with van der Waals surface area (Å²) < 4.78 is 31.1. The average molecular weight is 465 g/mol.